The molecule has 2 aliphatic heterocycles. The highest BCUT2D eigenvalue weighted by molar-refractivity contribution is 6.00. The zero-order valence-electron chi connectivity index (χ0n) is 22.7. The van der Waals surface area contributed by atoms with Gasteiger partial charge in [-0.25, -0.2) is 4.79 Å². The molecule has 204 valence electrons. The second kappa shape index (κ2) is 12.3. The molecule has 3 fully saturated rings. The summed E-state index contributed by atoms with van der Waals surface area (Å²) in [6, 6.07) is 9.09. The average molecular weight is 513 g/mol. The van der Waals surface area contributed by atoms with Crippen molar-refractivity contribution in [2.24, 2.45) is 5.92 Å². The number of hydrogen-bond donors (Lipinski definition) is 3. The number of benzene rings is 1. The zero-order valence-corrected chi connectivity index (χ0v) is 22.7. The minimum atomic E-state index is -0.457. The molecule has 1 saturated carbocycles. The quantitative estimate of drug-likeness (QED) is 0.473. The van der Waals surface area contributed by atoms with E-state index in [0.29, 0.717) is 18.9 Å². The Labute approximate surface area is 221 Å². The Morgan fingerprint density at radius 1 is 0.973 bits per heavy atom. The van der Waals surface area contributed by atoms with Gasteiger partial charge in [0.25, 0.3) is 0 Å². The van der Waals surface area contributed by atoms with Gasteiger partial charge in [0.2, 0.25) is 11.8 Å². The molecule has 1 aromatic carbocycles. The molecule has 0 aromatic heterocycles. The van der Waals surface area contributed by atoms with E-state index in [-0.39, 0.29) is 29.9 Å². The molecule has 1 aromatic rings. The fourth-order valence-electron chi connectivity index (χ4n) is 5.82. The lowest BCUT2D eigenvalue weighted by Gasteiger charge is -2.34. The number of piperidine rings is 2. The van der Waals surface area contributed by atoms with Crippen LogP contribution in [0, 0.1) is 5.92 Å². The molecule has 2 heterocycles. The number of ether oxygens (including phenoxy) is 1. The average Bonchev–Trinajstić information content (AvgIpc) is 2.85. The standard InChI is InChI=1S/C29H44N4O4/c1-29(2,3)37-28(36)31-23-8-6-22(7-9-23)30-17-14-20-15-18-33(19-16-20)24-10-4-21(5-11-24)25-12-13-26(34)32-27(25)35/h4-5,10-11,20,22-23,25,30H,6-9,12-19H2,1-3H3,(H,31,36)(H,32,34,35). The topological polar surface area (TPSA) is 99.8 Å². The number of nitrogens with one attached hydrogen (secondary N) is 3. The third kappa shape index (κ3) is 8.19. The van der Waals surface area contributed by atoms with Crippen LogP contribution in [0.3, 0.4) is 0 Å². The number of carbonyl (C=O) groups is 3. The second-order valence-corrected chi connectivity index (χ2v) is 12.0. The van der Waals surface area contributed by atoms with Crippen LogP contribution in [0.1, 0.15) is 90.0 Å². The van der Waals surface area contributed by atoms with Gasteiger partial charge in [-0.05, 0) is 102 Å². The molecule has 8 nitrogen and oxygen atoms in total. The van der Waals surface area contributed by atoms with Gasteiger partial charge in [-0.1, -0.05) is 12.1 Å². The molecule has 37 heavy (non-hydrogen) atoms. The van der Waals surface area contributed by atoms with Crippen molar-refractivity contribution in [3.63, 3.8) is 0 Å². The number of carbonyl (C=O) groups excluding carboxylic acids is 3. The number of rotatable bonds is 7. The van der Waals surface area contributed by atoms with E-state index in [1.165, 1.54) is 24.9 Å². The lowest BCUT2D eigenvalue weighted by atomic mass is 9.89. The van der Waals surface area contributed by atoms with E-state index in [9.17, 15) is 14.4 Å². The Hall–Kier alpha value is -2.61. The Balaban J connectivity index is 1.11. The number of alkyl carbamates (subject to hydrolysis) is 1. The molecular weight excluding hydrogens is 468 g/mol. The van der Waals surface area contributed by atoms with Crippen LogP contribution in [0.5, 0.6) is 0 Å². The smallest absolute Gasteiger partial charge is 0.407 e. The predicted molar refractivity (Wildman–Crippen MR) is 145 cm³/mol. The van der Waals surface area contributed by atoms with E-state index >= 15 is 0 Å². The van der Waals surface area contributed by atoms with Gasteiger partial charge in [-0.2, -0.15) is 0 Å². The summed E-state index contributed by atoms with van der Waals surface area (Å²) >= 11 is 0. The van der Waals surface area contributed by atoms with E-state index in [4.69, 9.17) is 4.74 Å². The number of nitrogens with zero attached hydrogens (tertiary/aromatic N) is 1. The van der Waals surface area contributed by atoms with E-state index in [1.807, 2.05) is 32.9 Å². The maximum absolute atomic E-state index is 12.1. The minimum absolute atomic E-state index is 0.170. The summed E-state index contributed by atoms with van der Waals surface area (Å²) in [6.07, 6.45) is 8.47. The first-order valence-electron chi connectivity index (χ1n) is 14.1. The SMILES string of the molecule is CC(C)(C)OC(=O)NC1CCC(NCCC2CCN(c3ccc(C4CCC(=O)NC4=O)cc3)CC2)CC1. The van der Waals surface area contributed by atoms with Gasteiger partial charge in [-0.3, -0.25) is 14.9 Å². The van der Waals surface area contributed by atoms with Crippen molar-refractivity contribution in [1.29, 1.82) is 0 Å². The largest absolute Gasteiger partial charge is 0.444 e. The lowest BCUT2D eigenvalue weighted by molar-refractivity contribution is -0.134. The van der Waals surface area contributed by atoms with Gasteiger partial charge in [-0.15, -0.1) is 0 Å². The van der Waals surface area contributed by atoms with Crippen LogP contribution in [0.4, 0.5) is 10.5 Å². The predicted octanol–water partition coefficient (Wildman–Crippen LogP) is 4.24. The van der Waals surface area contributed by atoms with Gasteiger partial charge in [0, 0.05) is 37.3 Å². The molecule has 1 atom stereocenters. The van der Waals surface area contributed by atoms with E-state index in [2.05, 4.69) is 33.0 Å². The number of hydrogen-bond acceptors (Lipinski definition) is 6. The highest BCUT2D eigenvalue weighted by atomic mass is 16.6. The Morgan fingerprint density at radius 3 is 2.24 bits per heavy atom. The molecule has 3 N–H and O–H groups in total. The molecule has 4 rings (SSSR count). The maximum Gasteiger partial charge on any atom is 0.407 e. The number of amides is 3. The number of anilines is 1. The van der Waals surface area contributed by atoms with Crippen molar-refractivity contribution in [3.8, 4) is 0 Å². The fraction of sp³-hybridized carbons (Fsp3) is 0.690. The molecular formula is C29H44N4O4. The van der Waals surface area contributed by atoms with Crippen LogP contribution in [0.25, 0.3) is 0 Å². The monoisotopic (exact) mass is 512 g/mol. The molecule has 3 aliphatic rings. The van der Waals surface area contributed by atoms with E-state index in [1.54, 1.807) is 0 Å². The van der Waals surface area contributed by atoms with Crippen molar-refractivity contribution >= 4 is 23.6 Å². The number of imide groups is 1. The first-order valence-corrected chi connectivity index (χ1v) is 14.1. The first kappa shape index (κ1) is 27.4. The fourth-order valence-corrected chi connectivity index (χ4v) is 5.82. The van der Waals surface area contributed by atoms with Crippen molar-refractivity contribution in [3.05, 3.63) is 29.8 Å². The molecule has 0 radical (unpaired) electrons. The van der Waals surface area contributed by atoms with Gasteiger partial charge in [0.1, 0.15) is 5.60 Å². The summed E-state index contributed by atoms with van der Waals surface area (Å²) in [4.78, 5) is 38.0. The molecule has 0 bridgehead atoms. The van der Waals surface area contributed by atoms with Crippen molar-refractivity contribution in [1.82, 2.24) is 16.0 Å². The third-order valence-electron chi connectivity index (χ3n) is 7.95. The van der Waals surface area contributed by atoms with Crippen LogP contribution in [0.2, 0.25) is 0 Å². The van der Waals surface area contributed by atoms with Crippen molar-refractivity contribution in [2.45, 2.75) is 102 Å². The summed E-state index contributed by atoms with van der Waals surface area (Å²) in [5, 5.41) is 9.23. The second-order valence-electron chi connectivity index (χ2n) is 12.0. The van der Waals surface area contributed by atoms with E-state index < -0.39 is 5.60 Å². The molecule has 1 unspecified atom stereocenters. The first-order chi connectivity index (χ1) is 17.7. The third-order valence-corrected chi connectivity index (χ3v) is 7.95. The van der Waals surface area contributed by atoms with Gasteiger partial charge >= 0.3 is 6.09 Å². The lowest BCUT2D eigenvalue weighted by Crippen LogP contribution is -2.44. The summed E-state index contributed by atoms with van der Waals surface area (Å²) < 4.78 is 5.38. The van der Waals surface area contributed by atoms with Crippen molar-refractivity contribution < 1.29 is 19.1 Å². The molecule has 3 amide bonds. The summed E-state index contributed by atoms with van der Waals surface area (Å²) in [6.45, 7) is 8.84. The molecule has 0 spiro atoms. The zero-order chi connectivity index (χ0) is 26.4. The van der Waals surface area contributed by atoms with Crippen LogP contribution >= 0.6 is 0 Å². The van der Waals surface area contributed by atoms with Crippen molar-refractivity contribution in [2.75, 3.05) is 24.5 Å². The highest BCUT2D eigenvalue weighted by Gasteiger charge is 2.28. The van der Waals surface area contributed by atoms with Gasteiger partial charge < -0.3 is 20.3 Å². The van der Waals surface area contributed by atoms with Crippen LogP contribution < -0.4 is 20.9 Å². The van der Waals surface area contributed by atoms with Gasteiger partial charge in [0.05, 0.1) is 5.92 Å². The summed E-state index contributed by atoms with van der Waals surface area (Å²) in [5.41, 5.74) is 1.75. The Bertz CT molecular complexity index is 926. The molecule has 2 saturated heterocycles. The van der Waals surface area contributed by atoms with E-state index in [0.717, 1.165) is 56.8 Å². The normalized spacial score (nSPS) is 25.5. The van der Waals surface area contributed by atoms with Gasteiger partial charge in [0.15, 0.2) is 0 Å². The van der Waals surface area contributed by atoms with Crippen LogP contribution in [0.15, 0.2) is 24.3 Å². The molecule has 8 heteroatoms. The Morgan fingerprint density at radius 2 is 1.62 bits per heavy atom. The van der Waals surface area contributed by atoms with Crippen LogP contribution in [-0.4, -0.2) is 55.2 Å². The molecule has 1 aliphatic carbocycles. The summed E-state index contributed by atoms with van der Waals surface area (Å²) in [5.74, 6) is 0.179. The maximum atomic E-state index is 12.1. The summed E-state index contributed by atoms with van der Waals surface area (Å²) in [7, 11) is 0. The Kier molecular flexibility index (Phi) is 9.11. The highest BCUT2D eigenvalue weighted by Crippen LogP contribution is 2.29. The minimum Gasteiger partial charge on any atom is -0.444 e. The van der Waals surface area contributed by atoms with Crippen LogP contribution in [-0.2, 0) is 14.3 Å².